The summed E-state index contributed by atoms with van der Waals surface area (Å²) < 4.78 is 45.7. The van der Waals surface area contributed by atoms with Gasteiger partial charge in [-0.1, -0.05) is 65.5 Å². The first-order chi connectivity index (χ1) is 25.3. The Kier molecular flexibility index (Phi) is 18.2. The molecule has 0 aromatic carbocycles. The third kappa shape index (κ3) is 12.2. The Morgan fingerprint density at radius 3 is 1.92 bits per heavy atom. The molecule has 8 nitrogen and oxygen atoms in total. The molecule has 0 amide bonds. The molecule has 0 aromatic rings. The predicted molar refractivity (Wildman–Crippen MR) is 206 cm³/mol. The summed E-state index contributed by atoms with van der Waals surface area (Å²) >= 11 is 0. The lowest BCUT2D eigenvalue weighted by Crippen LogP contribution is -2.51. The van der Waals surface area contributed by atoms with Gasteiger partial charge in [-0.15, -0.1) is 0 Å². The molecular weight excluding hydrogens is 656 g/mol. The molecule has 1 saturated heterocycles. The molecule has 3 saturated carbocycles. The Balaban J connectivity index is 0.849. The van der Waals surface area contributed by atoms with E-state index in [9.17, 15) is 0 Å². The molecule has 5 aliphatic rings. The Morgan fingerprint density at radius 1 is 0.673 bits per heavy atom. The van der Waals surface area contributed by atoms with Gasteiger partial charge < -0.3 is 37.9 Å². The first-order valence-electron chi connectivity index (χ1n) is 21.7. The molecule has 9 atom stereocenters. The van der Waals surface area contributed by atoms with Crippen molar-refractivity contribution in [3.63, 3.8) is 0 Å². The van der Waals surface area contributed by atoms with Crippen LogP contribution >= 0.6 is 0 Å². The maximum absolute atomic E-state index is 6.38. The molecule has 1 aliphatic heterocycles. The number of rotatable bonds is 25. The lowest BCUT2D eigenvalue weighted by Gasteiger charge is -2.58. The van der Waals surface area contributed by atoms with Crippen LogP contribution in [-0.2, 0) is 37.9 Å². The van der Waals surface area contributed by atoms with Gasteiger partial charge >= 0.3 is 0 Å². The summed E-state index contributed by atoms with van der Waals surface area (Å²) in [7, 11) is 0. The van der Waals surface area contributed by atoms with Crippen LogP contribution in [0.1, 0.15) is 125 Å². The monoisotopic (exact) mass is 735 g/mol. The first-order valence-corrected chi connectivity index (χ1v) is 21.7. The Hall–Kier alpha value is -0.580. The fourth-order valence-electron chi connectivity index (χ4n) is 11.1. The molecule has 0 bridgehead atoms. The molecule has 0 aromatic heterocycles. The summed E-state index contributed by atoms with van der Waals surface area (Å²) in [5.74, 6) is 5.33. The van der Waals surface area contributed by atoms with Gasteiger partial charge in [0, 0.05) is 6.61 Å². The second-order valence-corrected chi connectivity index (χ2v) is 17.8. The van der Waals surface area contributed by atoms with Crippen molar-refractivity contribution in [1.82, 2.24) is 0 Å². The summed E-state index contributed by atoms with van der Waals surface area (Å²) in [4.78, 5) is 0. The van der Waals surface area contributed by atoms with Gasteiger partial charge in [0.1, 0.15) is 0 Å². The molecule has 1 unspecified atom stereocenters. The number of ether oxygens (including phenoxy) is 8. The lowest BCUT2D eigenvalue weighted by atomic mass is 9.47. The van der Waals surface area contributed by atoms with Crippen LogP contribution in [0.5, 0.6) is 0 Å². The smallest absolute Gasteiger partial charge is 0.157 e. The van der Waals surface area contributed by atoms with Gasteiger partial charge in [0.15, 0.2) is 6.29 Å². The molecule has 4 aliphatic carbocycles. The Morgan fingerprint density at radius 2 is 1.31 bits per heavy atom. The van der Waals surface area contributed by atoms with Gasteiger partial charge in [-0.25, -0.2) is 0 Å². The highest BCUT2D eigenvalue weighted by Crippen LogP contribution is 2.67. The minimum atomic E-state index is -0.0545. The average Bonchev–Trinajstić information content (AvgIpc) is 3.50. The van der Waals surface area contributed by atoms with Crippen molar-refractivity contribution in [1.29, 1.82) is 0 Å². The van der Waals surface area contributed by atoms with Crippen LogP contribution in [0, 0.1) is 46.3 Å². The van der Waals surface area contributed by atoms with Crippen molar-refractivity contribution in [3.05, 3.63) is 11.6 Å². The topological polar surface area (TPSA) is 73.8 Å². The van der Waals surface area contributed by atoms with Crippen molar-refractivity contribution in [3.8, 4) is 0 Å². The first kappa shape index (κ1) is 42.6. The van der Waals surface area contributed by atoms with Crippen molar-refractivity contribution >= 4 is 0 Å². The van der Waals surface area contributed by atoms with Crippen molar-refractivity contribution in [2.75, 3.05) is 85.9 Å². The van der Waals surface area contributed by atoms with E-state index < -0.39 is 0 Å². The summed E-state index contributed by atoms with van der Waals surface area (Å²) in [5.41, 5.74) is 2.65. The normalized spacial score (nSPS) is 33.8. The zero-order valence-corrected chi connectivity index (χ0v) is 34.1. The van der Waals surface area contributed by atoms with E-state index in [1.54, 1.807) is 5.57 Å². The Labute approximate surface area is 318 Å². The SMILES string of the molecule is CC(C)CCC[C@@H](C)[C@H]1CC[C@H]2[C@@H]3CC=C4C[C@H](OCCOCCOCCOCCOCCOCCOC5CCCCO5)CC[C@]4(C)[C@H]3CC[C@]12C. The molecule has 0 N–H and O–H groups in total. The standard InChI is InChI=1S/C44H78O8/c1-34(2)9-8-10-35(3)39-14-15-40-38-13-12-36-33-37(16-18-43(36,4)41(38)17-19-44(39,40)5)50-31-29-48-27-25-46-23-21-45-22-24-47-26-28-49-30-32-52-42-11-6-7-20-51-42/h12,34-35,37-42H,6-11,13-33H2,1-5H3/t35-,37-,38+,39-,40+,41+,42?,43+,44-/m1/s1. The molecule has 0 spiro atoms. The van der Waals surface area contributed by atoms with E-state index in [2.05, 4.69) is 40.7 Å². The zero-order chi connectivity index (χ0) is 36.7. The third-order valence-electron chi connectivity index (χ3n) is 14.0. The maximum atomic E-state index is 6.38. The number of hydrogen-bond acceptors (Lipinski definition) is 8. The highest BCUT2D eigenvalue weighted by atomic mass is 16.7. The van der Waals surface area contributed by atoms with Gasteiger partial charge in [-0.05, 0) is 117 Å². The van der Waals surface area contributed by atoms with E-state index >= 15 is 0 Å². The second kappa shape index (κ2) is 22.2. The molecule has 8 heteroatoms. The van der Waals surface area contributed by atoms with E-state index in [-0.39, 0.29) is 6.29 Å². The van der Waals surface area contributed by atoms with Gasteiger partial charge in [0.05, 0.1) is 85.4 Å². The van der Waals surface area contributed by atoms with E-state index in [1.165, 1.54) is 70.6 Å². The van der Waals surface area contributed by atoms with Crippen molar-refractivity contribution in [2.45, 2.75) is 137 Å². The zero-order valence-electron chi connectivity index (χ0n) is 34.1. The minimum Gasteiger partial charge on any atom is -0.377 e. The quantitative estimate of drug-likeness (QED) is 0.0680. The van der Waals surface area contributed by atoms with Gasteiger partial charge in [-0.2, -0.15) is 0 Å². The van der Waals surface area contributed by atoms with Crippen LogP contribution in [0.4, 0.5) is 0 Å². The van der Waals surface area contributed by atoms with Crippen molar-refractivity contribution in [2.24, 2.45) is 46.3 Å². The highest BCUT2D eigenvalue weighted by molar-refractivity contribution is 5.25. The van der Waals surface area contributed by atoms with E-state index in [0.717, 1.165) is 61.4 Å². The van der Waals surface area contributed by atoms with E-state index in [1.807, 2.05) is 0 Å². The largest absolute Gasteiger partial charge is 0.377 e. The molecule has 4 fully saturated rings. The minimum absolute atomic E-state index is 0.0545. The molecule has 52 heavy (non-hydrogen) atoms. The van der Waals surface area contributed by atoms with Gasteiger partial charge in [0.2, 0.25) is 0 Å². The second-order valence-electron chi connectivity index (χ2n) is 17.8. The average molecular weight is 735 g/mol. The molecule has 5 rings (SSSR count). The molecular formula is C44H78O8. The summed E-state index contributed by atoms with van der Waals surface area (Å²) in [5, 5.41) is 0. The van der Waals surface area contributed by atoms with Crippen LogP contribution in [-0.4, -0.2) is 98.3 Å². The van der Waals surface area contributed by atoms with Gasteiger partial charge in [0.25, 0.3) is 0 Å². The number of fused-ring (bicyclic) bond motifs is 5. The summed E-state index contributed by atoms with van der Waals surface area (Å²) in [6.45, 7) is 20.4. The molecule has 1 heterocycles. The molecule has 0 radical (unpaired) electrons. The third-order valence-corrected chi connectivity index (χ3v) is 14.0. The fraction of sp³-hybridized carbons (Fsp3) is 0.955. The summed E-state index contributed by atoms with van der Waals surface area (Å²) in [6.07, 6.45) is 21.2. The predicted octanol–water partition coefficient (Wildman–Crippen LogP) is 9.04. The van der Waals surface area contributed by atoms with Gasteiger partial charge in [-0.3, -0.25) is 0 Å². The summed E-state index contributed by atoms with van der Waals surface area (Å²) in [6, 6.07) is 0. The van der Waals surface area contributed by atoms with Crippen molar-refractivity contribution < 1.29 is 37.9 Å². The molecule has 302 valence electrons. The van der Waals surface area contributed by atoms with Crippen LogP contribution in [0.3, 0.4) is 0 Å². The van der Waals surface area contributed by atoms with E-state index in [4.69, 9.17) is 37.9 Å². The highest BCUT2D eigenvalue weighted by Gasteiger charge is 2.59. The van der Waals surface area contributed by atoms with E-state index in [0.29, 0.717) is 96.2 Å². The number of allylic oxidation sites excluding steroid dienone is 1. The lowest BCUT2D eigenvalue weighted by molar-refractivity contribution is -0.169. The number of hydrogen-bond donors (Lipinski definition) is 0. The fourth-order valence-corrected chi connectivity index (χ4v) is 11.1. The Bertz CT molecular complexity index is 1010. The van der Waals surface area contributed by atoms with Crippen LogP contribution in [0.15, 0.2) is 11.6 Å². The maximum Gasteiger partial charge on any atom is 0.157 e. The van der Waals surface area contributed by atoms with Crippen LogP contribution in [0.25, 0.3) is 0 Å². The van der Waals surface area contributed by atoms with Crippen LogP contribution < -0.4 is 0 Å². The van der Waals surface area contributed by atoms with Crippen LogP contribution in [0.2, 0.25) is 0 Å².